The van der Waals surface area contributed by atoms with Crippen LogP contribution >= 0.6 is 23.1 Å². The molecule has 1 aliphatic heterocycles. The van der Waals surface area contributed by atoms with E-state index in [1.807, 2.05) is 25.1 Å². The Hall–Kier alpha value is -1.80. The Bertz CT molecular complexity index is 634. The first-order chi connectivity index (χ1) is 10.2. The van der Waals surface area contributed by atoms with Crippen LogP contribution in [-0.4, -0.2) is 28.1 Å². The largest absolute Gasteiger partial charge is 0.454 e. The molecule has 1 aromatic heterocycles. The first-order valence-corrected chi connectivity index (χ1v) is 8.07. The van der Waals surface area contributed by atoms with Crippen LogP contribution in [-0.2, 0) is 11.3 Å². The van der Waals surface area contributed by atoms with Gasteiger partial charge in [0.05, 0.1) is 5.25 Å². The highest BCUT2D eigenvalue weighted by atomic mass is 32.2. The van der Waals surface area contributed by atoms with Crippen molar-refractivity contribution in [3.8, 4) is 11.5 Å². The van der Waals surface area contributed by atoms with Gasteiger partial charge in [0.15, 0.2) is 15.8 Å². The van der Waals surface area contributed by atoms with Crippen LogP contribution in [0, 0.1) is 0 Å². The Labute approximate surface area is 129 Å². The summed E-state index contributed by atoms with van der Waals surface area (Å²) in [4.78, 5) is 12.0. The summed E-state index contributed by atoms with van der Waals surface area (Å²) in [6, 6.07) is 5.64. The van der Waals surface area contributed by atoms with Gasteiger partial charge in [0.2, 0.25) is 12.7 Å². The summed E-state index contributed by atoms with van der Waals surface area (Å²) in [5.41, 5.74) is 2.63. The molecule has 1 amide bonds. The Kier molecular flexibility index (Phi) is 4.26. The fourth-order valence-corrected chi connectivity index (χ4v) is 3.45. The molecule has 0 unspecified atom stereocenters. The van der Waals surface area contributed by atoms with E-state index in [2.05, 4.69) is 15.5 Å². The molecule has 3 rings (SSSR count). The number of hydrogen-bond donors (Lipinski definition) is 1. The van der Waals surface area contributed by atoms with Gasteiger partial charge in [-0.05, 0) is 24.6 Å². The molecule has 0 spiro atoms. The Morgan fingerprint density at radius 3 is 3.14 bits per heavy atom. The van der Waals surface area contributed by atoms with Gasteiger partial charge in [-0.3, -0.25) is 4.79 Å². The van der Waals surface area contributed by atoms with Crippen molar-refractivity contribution in [3.63, 3.8) is 0 Å². The average Bonchev–Trinajstić information content (AvgIpc) is 3.14. The summed E-state index contributed by atoms with van der Waals surface area (Å²) in [7, 11) is 0. The van der Waals surface area contributed by atoms with Crippen LogP contribution in [0.3, 0.4) is 0 Å². The van der Waals surface area contributed by atoms with Gasteiger partial charge in [0, 0.05) is 6.54 Å². The quantitative estimate of drug-likeness (QED) is 0.849. The molecule has 21 heavy (non-hydrogen) atoms. The summed E-state index contributed by atoms with van der Waals surface area (Å²) in [6.07, 6.45) is 0. The predicted octanol–water partition coefficient (Wildman–Crippen LogP) is 2.06. The second kappa shape index (κ2) is 6.31. The highest BCUT2D eigenvalue weighted by molar-refractivity contribution is 8.02. The van der Waals surface area contributed by atoms with E-state index < -0.39 is 0 Å². The molecule has 1 aliphatic rings. The molecule has 0 fully saturated rings. The highest BCUT2D eigenvalue weighted by Gasteiger charge is 2.17. The SMILES string of the molecule is C[C@@H](Sc1nncs1)C(=O)NCc1ccc2c(c1)OCO2. The molecule has 2 aromatic rings. The zero-order valence-corrected chi connectivity index (χ0v) is 12.9. The van der Waals surface area contributed by atoms with Crippen molar-refractivity contribution in [2.24, 2.45) is 0 Å². The minimum atomic E-state index is -0.216. The molecule has 1 aromatic carbocycles. The molecule has 1 N–H and O–H groups in total. The van der Waals surface area contributed by atoms with E-state index in [-0.39, 0.29) is 18.0 Å². The van der Waals surface area contributed by atoms with E-state index in [1.165, 1.54) is 23.1 Å². The highest BCUT2D eigenvalue weighted by Crippen LogP contribution is 2.32. The molecule has 8 heteroatoms. The fourth-order valence-electron chi connectivity index (χ4n) is 1.80. The van der Waals surface area contributed by atoms with Crippen molar-refractivity contribution >= 4 is 29.0 Å². The lowest BCUT2D eigenvalue weighted by molar-refractivity contribution is -0.120. The maximum atomic E-state index is 12.0. The van der Waals surface area contributed by atoms with E-state index in [9.17, 15) is 4.79 Å². The number of amides is 1. The van der Waals surface area contributed by atoms with Crippen LogP contribution in [0.4, 0.5) is 0 Å². The van der Waals surface area contributed by atoms with Crippen molar-refractivity contribution < 1.29 is 14.3 Å². The third kappa shape index (κ3) is 3.45. The zero-order chi connectivity index (χ0) is 14.7. The van der Waals surface area contributed by atoms with E-state index in [4.69, 9.17) is 9.47 Å². The number of aromatic nitrogens is 2. The molecule has 1 atom stereocenters. The molecular weight excluding hydrogens is 310 g/mol. The van der Waals surface area contributed by atoms with Gasteiger partial charge in [0.1, 0.15) is 5.51 Å². The van der Waals surface area contributed by atoms with Gasteiger partial charge in [0.25, 0.3) is 0 Å². The van der Waals surface area contributed by atoms with Crippen molar-refractivity contribution in [1.29, 1.82) is 0 Å². The second-order valence-corrected chi connectivity index (χ2v) is 6.79. The van der Waals surface area contributed by atoms with Crippen LogP contribution in [0.5, 0.6) is 11.5 Å². The van der Waals surface area contributed by atoms with Gasteiger partial charge in [-0.2, -0.15) is 0 Å². The average molecular weight is 323 g/mol. The predicted molar refractivity (Wildman–Crippen MR) is 79.6 cm³/mol. The Morgan fingerprint density at radius 1 is 1.48 bits per heavy atom. The smallest absolute Gasteiger partial charge is 0.233 e. The molecule has 0 aliphatic carbocycles. The Balaban J connectivity index is 1.53. The number of hydrogen-bond acceptors (Lipinski definition) is 7. The first kappa shape index (κ1) is 14.2. The second-order valence-electron chi connectivity index (χ2n) is 4.37. The van der Waals surface area contributed by atoms with Crippen LogP contribution in [0.25, 0.3) is 0 Å². The number of nitrogens with one attached hydrogen (secondary N) is 1. The van der Waals surface area contributed by atoms with E-state index >= 15 is 0 Å². The van der Waals surface area contributed by atoms with Crippen molar-refractivity contribution in [2.75, 3.05) is 6.79 Å². The van der Waals surface area contributed by atoms with E-state index in [0.717, 1.165) is 21.4 Å². The molecule has 6 nitrogen and oxygen atoms in total. The van der Waals surface area contributed by atoms with Gasteiger partial charge in [-0.1, -0.05) is 29.2 Å². The van der Waals surface area contributed by atoms with Crippen LogP contribution < -0.4 is 14.8 Å². The van der Waals surface area contributed by atoms with Gasteiger partial charge in [-0.15, -0.1) is 10.2 Å². The molecule has 2 heterocycles. The molecule has 0 bridgehead atoms. The number of thioether (sulfide) groups is 1. The minimum absolute atomic E-state index is 0.0344. The maximum Gasteiger partial charge on any atom is 0.233 e. The summed E-state index contributed by atoms with van der Waals surface area (Å²) in [5, 5.41) is 10.4. The number of nitrogens with zero attached hydrogens (tertiary/aromatic N) is 2. The third-order valence-electron chi connectivity index (χ3n) is 2.89. The third-order valence-corrected chi connectivity index (χ3v) is 4.80. The number of ether oxygens (including phenoxy) is 2. The number of rotatable bonds is 5. The van der Waals surface area contributed by atoms with Crippen molar-refractivity contribution in [2.45, 2.75) is 23.1 Å². The number of carbonyl (C=O) groups excluding carboxylic acids is 1. The van der Waals surface area contributed by atoms with Crippen molar-refractivity contribution in [1.82, 2.24) is 15.5 Å². The monoisotopic (exact) mass is 323 g/mol. The molecule has 0 radical (unpaired) electrons. The number of benzene rings is 1. The standard InChI is InChI=1S/C13H13N3O3S2/c1-8(21-13-16-15-6-20-13)12(17)14-5-9-2-3-10-11(4-9)19-7-18-10/h2-4,6,8H,5,7H2,1H3,(H,14,17)/t8-/m1/s1. The lowest BCUT2D eigenvalue weighted by atomic mass is 10.2. The molecule has 0 saturated carbocycles. The summed E-state index contributed by atoms with van der Waals surface area (Å²) in [6.45, 7) is 2.55. The summed E-state index contributed by atoms with van der Waals surface area (Å²) >= 11 is 2.83. The normalized spacial score (nSPS) is 14.0. The van der Waals surface area contributed by atoms with Crippen LogP contribution in [0.15, 0.2) is 28.0 Å². The lowest BCUT2D eigenvalue weighted by Crippen LogP contribution is -2.30. The number of carbonyl (C=O) groups is 1. The van der Waals surface area contributed by atoms with Crippen LogP contribution in [0.2, 0.25) is 0 Å². The van der Waals surface area contributed by atoms with Crippen molar-refractivity contribution in [3.05, 3.63) is 29.3 Å². The fraction of sp³-hybridized carbons (Fsp3) is 0.308. The molecule has 0 saturated heterocycles. The first-order valence-electron chi connectivity index (χ1n) is 6.31. The zero-order valence-electron chi connectivity index (χ0n) is 11.2. The summed E-state index contributed by atoms with van der Waals surface area (Å²) < 4.78 is 11.4. The van der Waals surface area contributed by atoms with E-state index in [0.29, 0.717) is 6.54 Å². The maximum absolute atomic E-state index is 12.0. The van der Waals surface area contributed by atoms with Gasteiger partial charge in [-0.25, -0.2) is 0 Å². The van der Waals surface area contributed by atoms with Crippen LogP contribution in [0.1, 0.15) is 12.5 Å². The van der Waals surface area contributed by atoms with Gasteiger partial charge < -0.3 is 14.8 Å². The minimum Gasteiger partial charge on any atom is -0.454 e. The molecular formula is C13H13N3O3S2. The van der Waals surface area contributed by atoms with Gasteiger partial charge >= 0.3 is 0 Å². The summed E-state index contributed by atoms with van der Waals surface area (Å²) in [5.74, 6) is 1.43. The lowest BCUT2D eigenvalue weighted by Gasteiger charge is -2.10. The molecule has 110 valence electrons. The number of fused-ring (bicyclic) bond motifs is 1. The Morgan fingerprint density at radius 2 is 2.33 bits per heavy atom. The van der Waals surface area contributed by atoms with E-state index in [1.54, 1.807) is 5.51 Å². The topological polar surface area (TPSA) is 73.3 Å².